The number of anilines is 1. The highest BCUT2D eigenvalue weighted by Gasteiger charge is 2.20. The van der Waals surface area contributed by atoms with Gasteiger partial charge in [0.2, 0.25) is 0 Å². The Hall–Kier alpha value is -1.42. The summed E-state index contributed by atoms with van der Waals surface area (Å²) < 4.78 is 0. The lowest BCUT2D eigenvalue weighted by molar-refractivity contribution is 0.318. The SMILES string of the molecule is CN(c1ccc(Cl)cc1C(N)=NO)C1CCCCCC1. The first-order valence-electron chi connectivity index (χ1n) is 7.13. The van der Waals surface area contributed by atoms with Crippen LogP contribution in [0, 0.1) is 0 Å². The Labute approximate surface area is 125 Å². The van der Waals surface area contributed by atoms with E-state index in [2.05, 4.69) is 17.1 Å². The summed E-state index contributed by atoms with van der Waals surface area (Å²) in [6.07, 6.45) is 7.54. The zero-order chi connectivity index (χ0) is 14.5. The van der Waals surface area contributed by atoms with Crippen molar-refractivity contribution in [3.05, 3.63) is 28.8 Å². The smallest absolute Gasteiger partial charge is 0.172 e. The summed E-state index contributed by atoms with van der Waals surface area (Å²) in [6.45, 7) is 0. The van der Waals surface area contributed by atoms with Crippen molar-refractivity contribution in [3.8, 4) is 0 Å². The van der Waals surface area contributed by atoms with Crippen LogP contribution in [0.3, 0.4) is 0 Å². The molecule has 20 heavy (non-hydrogen) atoms. The minimum Gasteiger partial charge on any atom is -0.409 e. The first-order chi connectivity index (χ1) is 9.63. The molecule has 5 heteroatoms. The molecule has 3 N–H and O–H groups in total. The van der Waals surface area contributed by atoms with E-state index >= 15 is 0 Å². The van der Waals surface area contributed by atoms with Crippen LogP contribution in [0.25, 0.3) is 0 Å². The minimum absolute atomic E-state index is 0.1000. The Kier molecular flexibility index (Phi) is 5.12. The highest BCUT2D eigenvalue weighted by molar-refractivity contribution is 6.31. The average molecular weight is 296 g/mol. The molecule has 4 nitrogen and oxygen atoms in total. The van der Waals surface area contributed by atoms with Gasteiger partial charge in [0.05, 0.1) is 0 Å². The molecule has 0 aliphatic heterocycles. The second-order valence-electron chi connectivity index (χ2n) is 5.40. The van der Waals surface area contributed by atoms with Gasteiger partial charge in [0.25, 0.3) is 0 Å². The van der Waals surface area contributed by atoms with E-state index in [1.807, 2.05) is 12.1 Å². The van der Waals surface area contributed by atoms with Crippen LogP contribution in [-0.2, 0) is 0 Å². The Morgan fingerprint density at radius 1 is 1.30 bits per heavy atom. The Balaban J connectivity index is 2.30. The summed E-state index contributed by atoms with van der Waals surface area (Å²) in [6, 6.07) is 6.04. The molecular formula is C15H22ClN3O. The lowest BCUT2D eigenvalue weighted by Gasteiger charge is -2.31. The van der Waals surface area contributed by atoms with Crippen LogP contribution in [0.2, 0.25) is 5.02 Å². The van der Waals surface area contributed by atoms with Crippen molar-refractivity contribution in [2.75, 3.05) is 11.9 Å². The molecule has 0 atom stereocenters. The van der Waals surface area contributed by atoms with Crippen molar-refractivity contribution in [3.63, 3.8) is 0 Å². The molecule has 0 unspecified atom stereocenters. The highest BCUT2D eigenvalue weighted by Crippen LogP contribution is 2.29. The lowest BCUT2D eigenvalue weighted by atomic mass is 10.0. The van der Waals surface area contributed by atoms with Crippen LogP contribution in [0.4, 0.5) is 5.69 Å². The molecule has 1 aliphatic rings. The number of nitrogens with zero attached hydrogens (tertiary/aromatic N) is 2. The monoisotopic (exact) mass is 295 g/mol. The first-order valence-corrected chi connectivity index (χ1v) is 7.51. The fourth-order valence-corrected chi connectivity index (χ4v) is 3.09. The molecule has 0 amide bonds. The topological polar surface area (TPSA) is 61.8 Å². The number of halogens is 1. The summed E-state index contributed by atoms with van der Waals surface area (Å²) in [5.74, 6) is 0.1000. The normalized spacial score (nSPS) is 17.8. The maximum atomic E-state index is 8.94. The summed E-state index contributed by atoms with van der Waals surface area (Å²) in [5.41, 5.74) is 7.43. The van der Waals surface area contributed by atoms with E-state index in [4.69, 9.17) is 22.5 Å². The largest absolute Gasteiger partial charge is 0.409 e. The third-order valence-electron chi connectivity index (χ3n) is 4.09. The van der Waals surface area contributed by atoms with Gasteiger partial charge in [-0.3, -0.25) is 0 Å². The quantitative estimate of drug-likeness (QED) is 0.294. The molecule has 0 radical (unpaired) electrons. The number of amidine groups is 1. The minimum atomic E-state index is 0.1000. The predicted molar refractivity (Wildman–Crippen MR) is 83.9 cm³/mol. The van der Waals surface area contributed by atoms with Crippen molar-refractivity contribution >= 4 is 23.1 Å². The summed E-state index contributed by atoms with van der Waals surface area (Å²) >= 11 is 6.02. The Morgan fingerprint density at radius 3 is 2.55 bits per heavy atom. The maximum absolute atomic E-state index is 8.94. The van der Waals surface area contributed by atoms with E-state index < -0.39 is 0 Å². The van der Waals surface area contributed by atoms with Crippen LogP contribution in [0.5, 0.6) is 0 Å². The zero-order valence-electron chi connectivity index (χ0n) is 11.8. The third-order valence-corrected chi connectivity index (χ3v) is 4.33. The predicted octanol–water partition coefficient (Wildman–Crippen LogP) is 3.59. The van der Waals surface area contributed by atoms with Crippen LogP contribution in [0.15, 0.2) is 23.4 Å². The van der Waals surface area contributed by atoms with Gasteiger partial charge in [-0.05, 0) is 31.0 Å². The van der Waals surface area contributed by atoms with E-state index in [-0.39, 0.29) is 5.84 Å². The summed E-state index contributed by atoms with van der Waals surface area (Å²) in [7, 11) is 2.08. The van der Waals surface area contributed by atoms with Crippen LogP contribution in [0.1, 0.15) is 44.1 Å². The maximum Gasteiger partial charge on any atom is 0.172 e. The van der Waals surface area contributed by atoms with Crippen LogP contribution >= 0.6 is 11.6 Å². The number of benzene rings is 1. The van der Waals surface area contributed by atoms with Crippen molar-refractivity contribution in [2.45, 2.75) is 44.6 Å². The Bertz CT molecular complexity index is 482. The first kappa shape index (κ1) is 15.0. The molecule has 0 aromatic heterocycles. The fourth-order valence-electron chi connectivity index (χ4n) is 2.92. The van der Waals surface area contributed by atoms with Gasteiger partial charge in [0.1, 0.15) is 0 Å². The van der Waals surface area contributed by atoms with Crippen LogP contribution in [-0.4, -0.2) is 24.1 Å². The molecule has 110 valence electrons. The standard InChI is InChI=1S/C15H22ClN3O/c1-19(12-6-4-2-3-5-7-12)14-9-8-11(16)10-13(14)15(17)18-20/h8-10,12,20H,2-7H2,1H3,(H2,17,18). The number of nitrogens with two attached hydrogens (primary N) is 1. The third kappa shape index (κ3) is 3.37. The van der Waals surface area contributed by atoms with Gasteiger partial charge in [-0.15, -0.1) is 0 Å². The molecule has 0 saturated heterocycles. The van der Waals surface area contributed by atoms with Crippen molar-refractivity contribution in [1.82, 2.24) is 0 Å². The van der Waals surface area contributed by atoms with Gasteiger partial charge in [-0.2, -0.15) is 0 Å². The number of hydrogen-bond donors (Lipinski definition) is 2. The van der Waals surface area contributed by atoms with Crippen molar-refractivity contribution in [2.24, 2.45) is 10.9 Å². The van der Waals surface area contributed by atoms with Gasteiger partial charge in [0.15, 0.2) is 5.84 Å². The van der Waals surface area contributed by atoms with E-state index in [9.17, 15) is 0 Å². The number of hydrogen-bond acceptors (Lipinski definition) is 3. The fraction of sp³-hybridized carbons (Fsp3) is 0.533. The van der Waals surface area contributed by atoms with E-state index in [0.29, 0.717) is 16.6 Å². The molecular weight excluding hydrogens is 274 g/mol. The number of oxime groups is 1. The highest BCUT2D eigenvalue weighted by atomic mass is 35.5. The van der Waals surface area contributed by atoms with E-state index in [1.54, 1.807) is 6.07 Å². The van der Waals surface area contributed by atoms with Crippen molar-refractivity contribution in [1.29, 1.82) is 0 Å². The summed E-state index contributed by atoms with van der Waals surface area (Å²) in [5, 5.41) is 12.6. The molecule has 1 aliphatic carbocycles. The van der Waals surface area contributed by atoms with E-state index in [0.717, 1.165) is 5.69 Å². The zero-order valence-corrected chi connectivity index (χ0v) is 12.6. The Morgan fingerprint density at radius 2 is 1.95 bits per heavy atom. The lowest BCUT2D eigenvalue weighted by Crippen LogP contribution is -2.33. The van der Waals surface area contributed by atoms with Crippen molar-refractivity contribution < 1.29 is 5.21 Å². The molecule has 0 spiro atoms. The van der Waals surface area contributed by atoms with Gasteiger partial charge in [0, 0.05) is 29.4 Å². The molecule has 0 bridgehead atoms. The van der Waals surface area contributed by atoms with Gasteiger partial charge < -0.3 is 15.8 Å². The molecule has 1 aromatic rings. The molecule has 2 rings (SSSR count). The van der Waals surface area contributed by atoms with Gasteiger partial charge >= 0.3 is 0 Å². The molecule has 1 saturated carbocycles. The van der Waals surface area contributed by atoms with Crippen LogP contribution < -0.4 is 10.6 Å². The van der Waals surface area contributed by atoms with Gasteiger partial charge in [-0.25, -0.2) is 0 Å². The number of rotatable bonds is 3. The molecule has 0 heterocycles. The summed E-state index contributed by atoms with van der Waals surface area (Å²) in [4.78, 5) is 2.25. The average Bonchev–Trinajstić information content (AvgIpc) is 2.74. The second-order valence-corrected chi connectivity index (χ2v) is 5.84. The van der Waals surface area contributed by atoms with Gasteiger partial charge in [-0.1, -0.05) is 42.4 Å². The molecule has 1 fully saturated rings. The van der Waals surface area contributed by atoms with E-state index in [1.165, 1.54) is 38.5 Å². The molecule has 1 aromatic carbocycles. The second kappa shape index (κ2) is 6.84.